The van der Waals surface area contributed by atoms with Gasteiger partial charge in [0.1, 0.15) is 40.1 Å². The van der Waals surface area contributed by atoms with Crippen LogP contribution in [0.15, 0.2) is 94.6 Å². The number of fused-ring (bicyclic) bond motifs is 1. The second-order valence-electron chi connectivity index (χ2n) is 10.8. The van der Waals surface area contributed by atoms with E-state index in [9.17, 15) is 35.4 Å². The highest BCUT2D eigenvalue weighted by atomic mass is 16.3. The Hall–Kier alpha value is -5.55. The van der Waals surface area contributed by atoms with Crippen LogP contribution in [0.3, 0.4) is 0 Å². The summed E-state index contributed by atoms with van der Waals surface area (Å²) in [6.45, 7) is 1.89. The average Bonchev–Trinajstić information content (AvgIpc) is 3.35. The maximum Gasteiger partial charge on any atom is 0.170 e. The van der Waals surface area contributed by atoms with E-state index in [2.05, 4.69) is 5.92 Å². The van der Waals surface area contributed by atoms with Crippen molar-refractivity contribution in [2.45, 2.75) is 25.7 Å². The third-order valence-corrected chi connectivity index (χ3v) is 7.69. The number of rotatable bonds is 7. The molecule has 6 N–H and O–H groups in total. The first-order chi connectivity index (χ1) is 20.5. The molecule has 0 radical (unpaired) electrons. The smallest absolute Gasteiger partial charge is 0.170 e. The fourth-order valence-electron chi connectivity index (χ4n) is 5.85. The number of Topliss-reactive ketones (excluding diaryl/α,β-unsaturated/α-hetero) is 1. The summed E-state index contributed by atoms with van der Waals surface area (Å²) >= 11 is 0. The highest BCUT2D eigenvalue weighted by Gasteiger charge is 2.41. The van der Waals surface area contributed by atoms with Gasteiger partial charge in [0.15, 0.2) is 5.78 Å². The lowest BCUT2D eigenvalue weighted by molar-refractivity contribution is 0.0845. The highest BCUT2D eigenvalue weighted by molar-refractivity contribution is 6.01. The van der Waals surface area contributed by atoms with Gasteiger partial charge in [-0.1, -0.05) is 23.6 Å². The molecular weight excluding hydrogens is 548 g/mol. The molecular formula is C35H30O8. The Morgan fingerprint density at radius 1 is 0.953 bits per heavy atom. The molecule has 0 amide bonds. The molecule has 0 saturated heterocycles. The number of aliphatic hydroxyl groups excluding tert-OH is 1. The molecule has 0 bridgehead atoms. The summed E-state index contributed by atoms with van der Waals surface area (Å²) in [5.41, 5.74) is 2.19. The molecule has 0 spiro atoms. The zero-order valence-electron chi connectivity index (χ0n) is 23.2. The third kappa shape index (κ3) is 6.07. The second-order valence-corrected chi connectivity index (χ2v) is 10.8. The van der Waals surface area contributed by atoms with Gasteiger partial charge >= 0.3 is 0 Å². The zero-order chi connectivity index (χ0) is 30.8. The summed E-state index contributed by atoms with van der Waals surface area (Å²) in [6.07, 6.45) is 10.8. The van der Waals surface area contributed by atoms with E-state index in [1.807, 2.05) is 13.0 Å². The molecule has 3 unspecified atom stereocenters. The van der Waals surface area contributed by atoms with Gasteiger partial charge < -0.3 is 35.1 Å². The van der Waals surface area contributed by atoms with Crippen LogP contribution in [0.25, 0.3) is 16.5 Å². The normalized spacial score (nSPS) is 19.2. The van der Waals surface area contributed by atoms with Crippen LogP contribution in [0.5, 0.6) is 28.7 Å². The molecule has 3 aromatic carbocycles. The van der Waals surface area contributed by atoms with Crippen molar-refractivity contribution in [1.82, 2.24) is 0 Å². The van der Waals surface area contributed by atoms with E-state index >= 15 is 0 Å². The van der Waals surface area contributed by atoms with Gasteiger partial charge in [0.05, 0.1) is 11.3 Å². The first-order valence-corrected chi connectivity index (χ1v) is 13.6. The number of phenols is 5. The van der Waals surface area contributed by atoms with Gasteiger partial charge in [-0.25, -0.2) is 0 Å². The number of phenolic OH excluding ortho intramolecular Hbond substituents is 5. The molecule has 5 rings (SSSR count). The number of carbonyl (C=O) groups is 1. The fraction of sp³-hybridized carbons (Fsp3) is 0.171. The molecule has 0 saturated carbocycles. The van der Waals surface area contributed by atoms with Gasteiger partial charge in [0.2, 0.25) is 0 Å². The number of furan rings is 1. The van der Waals surface area contributed by atoms with Crippen molar-refractivity contribution >= 4 is 22.3 Å². The second kappa shape index (κ2) is 11.7. The zero-order valence-corrected chi connectivity index (χ0v) is 23.2. The van der Waals surface area contributed by atoms with Crippen LogP contribution in [-0.2, 0) is 0 Å². The largest absolute Gasteiger partial charge is 0.512 e. The monoisotopic (exact) mass is 578 g/mol. The Bertz CT molecular complexity index is 1850. The molecule has 1 aliphatic rings. The molecule has 8 nitrogen and oxygen atoms in total. The van der Waals surface area contributed by atoms with E-state index in [-0.39, 0.29) is 40.7 Å². The molecule has 0 aliphatic heterocycles. The van der Waals surface area contributed by atoms with E-state index in [0.717, 1.165) is 17.0 Å². The highest BCUT2D eigenvalue weighted by Crippen LogP contribution is 2.48. The molecule has 1 aromatic heterocycles. The van der Waals surface area contributed by atoms with Crippen LogP contribution in [-0.4, -0.2) is 36.4 Å². The topological polar surface area (TPSA) is 152 Å². The van der Waals surface area contributed by atoms with Gasteiger partial charge in [-0.05, 0) is 73.4 Å². The van der Waals surface area contributed by atoms with Crippen molar-refractivity contribution in [3.63, 3.8) is 0 Å². The van der Waals surface area contributed by atoms with Crippen molar-refractivity contribution in [1.29, 1.82) is 0 Å². The van der Waals surface area contributed by atoms with E-state index in [0.29, 0.717) is 28.9 Å². The molecule has 0 fully saturated rings. The van der Waals surface area contributed by atoms with Crippen LogP contribution in [0, 0.1) is 24.2 Å². The maximum atomic E-state index is 14.1. The van der Waals surface area contributed by atoms with Gasteiger partial charge in [0.25, 0.3) is 0 Å². The molecule has 43 heavy (non-hydrogen) atoms. The summed E-state index contributed by atoms with van der Waals surface area (Å²) in [6, 6.07) is 14.4. The number of hydrogen-bond acceptors (Lipinski definition) is 8. The summed E-state index contributed by atoms with van der Waals surface area (Å²) < 4.78 is 5.87. The fourth-order valence-corrected chi connectivity index (χ4v) is 5.85. The standard InChI is InChI=1S/C35H30O8/c1-3-4-20(32-15-21-5-6-25(38)18-33(21)43-32)13-26(39)14-22-11-19(2)12-29(27-9-7-23(36)16-30(27)40)34(22)35(42)28-10-8-24(37)17-31(28)41/h1,4-11,13,15-18,22,29,34,36-41H,12,14H2,2H3/b20-4+,26-13+. The summed E-state index contributed by atoms with van der Waals surface area (Å²) in [5, 5.41) is 62.7. The van der Waals surface area contributed by atoms with Crippen molar-refractivity contribution in [2.75, 3.05) is 0 Å². The number of hydrogen-bond donors (Lipinski definition) is 6. The first kappa shape index (κ1) is 29.0. The molecule has 1 heterocycles. The minimum atomic E-state index is -0.848. The number of aliphatic hydroxyl groups is 1. The Balaban J connectivity index is 1.55. The number of benzene rings is 3. The minimum Gasteiger partial charge on any atom is -0.512 e. The van der Waals surface area contributed by atoms with Crippen molar-refractivity contribution in [3.05, 3.63) is 107 Å². The molecule has 218 valence electrons. The van der Waals surface area contributed by atoms with E-state index in [4.69, 9.17) is 10.8 Å². The summed E-state index contributed by atoms with van der Waals surface area (Å²) in [5.74, 6) is -0.568. The van der Waals surface area contributed by atoms with Crippen LogP contribution >= 0.6 is 0 Å². The lowest BCUT2D eigenvalue weighted by Crippen LogP contribution is -2.33. The Morgan fingerprint density at radius 2 is 1.63 bits per heavy atom. The number of aromatic hydroxyl groups is 5. The molecule has 4 aromatic rings. The SMILES string of the molecule is C#C/C=C(\C=C(\O)CC1C=C(C)CC(c2ccc(O)cc2O)C1C(=O)c1ccc(O)cc1O)c1cc2ccc(O)cc2o1. The van der Waals surface area contributed by atoms with Crippen LogP contribution in [0.4, 0.5) is 0 Å². The van der Waals surface area contributed by atoms with Crippen molar-refractivity contribution in [2.24, 2.45) is 11.8 Å². The minimum absolute atomic E-state index is 0.00483. The van der Waals surface area contributed by atoms with Crippen LogP contribution < -0.4 is 0 Å². The summed E-state index contributed by atoms with van der Waals surface area (Å²) in [4.78, 5) is 14.1. The first-order valence-electron chi connectivity index (χ1n) is 13.6. The molecule has 3 atom stereocenters. The average molecular weight is 579 g/mol. The van der Waals surface area contributed by atoms with Gasteiger partial charge in [0, 0.05) is 47.4 Å². The van der Waals surface area contributed by atoms with Crippen molar-refractivity contribution < 1.29 is 39.9 Å². The molecule has 1 aliphatic carbocycles. The number of allylic oxidation sites excluding steroid dienone is 6. The maximum absolute atomic E-state index is 14.1. The number of carbonyl (C=O) groups excluding carboxylic acids is 1. The van der Waals surface area contributed by atoms with Gasteiger partial charge in [-0.15, -0.1) is 6.42 Å². The third-order valence-electron chi connectivity index (χ3n) is 7.69. The molecule has 8 heteroatoms. The van der Waals surface area contributed by atoms with E-state index in [1.54, 1.807) is 18.2 Å². The van der Waals surface area contributed by atoms with Gasteiger partial charge in [-0.2, -0.15) is 0 Å². The Kier molecular flexibility index (Phi) is 7.91. The lowest BCUT2D eigenvalue weighted by atomic mass is 9.66. The number of terminal acetylenes is 1. The quantitative estimate of drug-likeness (QED) is 0.0448. The van der Waals surface area contributed by atoms with Crippen molar-refractivity contribution in [3.8, 4) is 41.1 Å². The number of ketones is 1. The van der Waals surface area contributed by atoms with E-state index in [1.165, 1.54) is 48.6 Å². The van der Waals surface area contributed by atoms with E-state index < -0.39 is 29.3 Å². The lowest BCUT2D eigenvalue weighted by Gasteiger charge is -2.36. The Morgan fingerprint density at radius 3 is 2.33 bits per heavy atom. The summed E-state index contributed by atoms with van der Waals surface area (Å²) in [7, 11) is 0. The van der Waals surface area contributed by atoms with Crippen LogP contribution in [0.2, 0.25) is 0 Å². The van der Waals surface area contributed by atoms with Crippen LogP contribution in [0.1, 0.15) is 47.4 Å². The predicted octanol–water partition coefficient (Wildman–Crippen LogP) is 7.06. The van der Waals surface area contributed by atoms with Gasteiger partial charge in [-0.3, -0.25) is 4.79 Å². The predicted molar refractivity (Wildman–Crippen MR) is 162 cm³/mol. The Labute approximate surface area is 247 Å².